The number of nitrogen functional groups attached to an aromatic ring is 1. The molecule has 0 saturated carbocycles. The zero-order valence-electron chi connectivity index (χ0n) is 11.6. The van der Waals surface area contributed by atoms with E-state index in [1.165, 1.54) is 18.0 Å². The number of rotatable bonds is 5. The molecular formula is C13H15N3O3S2. The van der Waals surface area contributed by atoms with Crippen LogP contribution in [0.3, 0.4) is 0 Å². The first-order valence-corrected chi connectivity index (χ1v) is 8.69. The summed E-state index contributed by atoms with van der Waals surface area (Å²) in [5.41, 5.74) is 5.73. The van der Waals surface area contributed by atoms with Crippen molar-refractivity contribution < 1.29 is 13.2 Å². The number of aromatic nitrogens is 2. The summed E-state index contributed by atoms with van der Waals surface area (Å²) in [5.74, 6) is 0.875. The van der Waals surface area contributed by atoms with Crippen LogP contribution in [-0.4, -0.2) is 31.8 Å². The quantitative estimate of drug-likeness (QED) is 0.837. The minimum absolute atomic E-state index is 0.283. The molecule has 0 saturated heterocycles. The maximum atomic E-state index is 11.4. The molecule has 2 rings (SSSR count). The van der Waals surface area contributed by atoms with Crippen molar-refractivity contribution in [3.05, 3.63) is 36.2 Å². The van der Waals surface area contributed by atoms with Gasteiger partial charge in [0.15, 0.2) is 15.7 Å². The second-order valence-electron chi connectivity index (χ2n) is 4.33. The molecule has 0 bridgehead atoms. The lowest BCUT2D eigenvalue weighted by atomic mass is 10.4. The Balaban J connectivity index is 2.22. The fraction of sp³-hybridized carbons (Fsp3) is 0.231. The van der Waals surface area contributed by atoms with Crippen LogP contribution in [0.25, 0.3) is 0 Å². The van der Waals surface area contributed by atoms with E-state index in [4.69, 9.17) is 10.5 Å². The van der Waals surface area contributed by atoms with Crippen LogP contribution in [0.5, 0.6) is 0 Å². The number of sulfone groups is 1. The van der Waals surface area contributed by atoms with Crippen LogP contribution in [-0.2, 0) is 21.2 Å². The summed E-state index contributed by atoms with van der Waals surface area (Å²) in [4.78, 5) is 9.53. The number of hydrogen-bond acceptors (Lipinski definition) is 7. The Labute approximate surface area is 127 Å². The van der Waals surface area contributed by atoms with Gasteiger partial charge in [-0.15, -0.1) is 0 Å². The first-order chi connectivity index (χ1) is 9.88. The molecule has 1 aromatic heterocycles. The number of nitrogens with two attached hydrogens (primary N) is 1. The van der Waals surface area contributed by atoms with Gasteiger partial charge >= 0.3 is 0 Å². The van der Waals surface area contributed by atoms with Crippen molar-refractivity contribution in [2.45, 2.75) is 21.4 Å². The lowest BCUT2D eigenvalue weighted by molar-refractivity contribution is 0.177. The highest BCUT2D eigenvalue weighted by Gasteiger charge is 2.08. The number of ether oxygens (including phenoxy) is 1. The molecule has 2 aromatic rings. The first-order valence-electron chi connectivity index (χ1n) is 5.99. The second-order valence-corrected chi connectivity index (χ2v) is 7.44. The van der Waals surface area contributed by atoms with E-state index in [0.29, 0.717) is 16.7 Å². The number of nitrogens with zero attached hydrogens (tertiary/aromatic N) is 2. The van der Waals surface area contributed by atoms with Crippen molar-refractivity contribution in [1.82, 2.24) is 9.97 Å². The summed E-state index contributed by atoms with van der Waals surface area (Å²) in [6.07, 6.45) is 1.18. The van der Waals surface area contributed by atoms with Gasteiger partial charge < -0.3 is 10.5 Å². The molecule has 8 heteroatoms. The lowest BCUT2D eigenvalue weighted by Crippen LogP contribution is -2.01. The summed E-state index contributed by atoms with van der Waals surface area (Å²) in [7, 11) is -1.63. The average molecular weight is 325 g/mol. The summed E-state index contributed by atoms with van der Waals surface area (Å²) in [6, 6.07) is 8.26. The molecule has 0 aliphatic heterocycles. The van der Waals surface area contributed by atoms with E-state index in [9.17, 15) is 8.42 Å². The predicted octanol–water partition coefficient (Wildman–Crippen LogP) is 1.76. The standard InChI is InChI=1S/C13H15N3O3S2/c1-19-8-12-15-11(14)7-13(16-12)20-9-3-5-10(6-4-9)21(2,17)18/h3-7H,8H2,1-2H3,(H2,14,15,16). The predicted molar refractivity (Wildman–Crippen MR) is 80.8 cm³/mol. The molecule has 2 N–H and O–H groups in total. The van der Waals surface area contributed by atoms with Crippen LogP contribution in [0, 0.1) is 0 Å². The largest absolute Gasteiger partial charge is 0.384 e. The van der Waals surface area contributed by atoms with Gasteiger partial charge in [-0.1, -0.05) is 11.8 Å². The maximum Gasteiger partial charge on any atom is 0.175 e. The molecule has 0 spiro atoms. The van der Waals surface area contributed by atoms with Crippen molar-refractivity contribution in [3.8, 4) is 0 Å². The molecule has 112 valence electrons. The molecule has 1 heterocycles. The third kappa shape index (κ3) is 4.42. The summed E-state index contributed by atoms with van der Waals surface area (Å²) >= 11 is 1.38. The molecule has 0 unspecified atom stereocenters. The minimum atomic E-state index is -3.18. The Hall–Kier alpha value is -1.64. The Morgan fingerprint density at radius 2 is 1.90 bits per heavy atom. The van der Waals surface area contributed by atoms with E-state index >= 15 is 0 Å². The topological polar surface area (TPSA) is 95.2 Å². The van der Waals surface area contributed by atoms with E-state index in [2.05, 4.69) is 9.97 Å². The Kier molecular flexibility index (Phi) is 4.81. The van der Waals surface area contributed by atoms with Crippen molar-refractivity contribution in [1.29, 1.82) is 0 Å². The van der Waals surface area contributed by atoms with Gasteiger partial charge in [0.2, 0.25) is 0 Å². The molecule has 0 atom stereocenters. The lowest BCUT2D eigenvalue weighted by Gasteiger charge is -2.05. The van der Waals surface area contributed by atoms with Crippen molar-refractivity contribution >= 4 is 27.4 Å². The van der Waals surface area contributed by atoms with Crippen LogP contribution in [0.15, 0.2) is 45.1 Å². The highest BCUT2D eigenvalue weighted by Crippen LogP contribution is 2.27. The fourth-order valence-corrected chi connectivity index (χ4v) is 3.09. The average Bonchev–Trinajstić information content (AvgIpc) is 2.38. The van der Waals surface area contributed by atoms with Crippen LogP contribution in [0.1, 0.15) is 5.82 Å². The van der Waals surface area contributed by atoms with Gasteiger partial charge in [-0.2, -0.15) is 0 Å². The molecular weight excluding hydrogens is 310 g/mol. The van der Waals surface area contributed by atoms with Gasteiger partial charge in [0, 0.05) is 24.3 Å². The van der Waals surface area contributed by atoms with E-state index in [1.54, 1.807) is 37.4 Å². The zero-order valence-corrected chi connectivity index (χ0v) is 13.2. The van der Waals surface area contributed by atoms with E-state index in [0.717, 1.165) is 4.90 Å². The third-order valence-electron chi connectivity index (χ3n) is 2.52. The highest BCUT2D eigenvalue weighted by molar-refractivity contribution is 7.99. The SMILES string of the molecule is COCc1nc(N)cc(Sc2ccc(S(C)(=O)=O)cc2)n1. The van der Waals surface area contributed by atoms with Gasteiger partial charge in [-0.25, -0.2) is 18.4 Å². The van der Waals surface area contributed by atoms with Crippen molar-refractivity contribution in [2.75, 3.05) is 19.1 Å². The molecule has 0 radical (unpaired) electrons. The van der Waals surface area contributed by atoms with E-state index in [1.807, 2.05) is 0 Å². The molecule has 0 aliphatic carbocycles. The number of benzene rings is 1. The van der Waals surface area contributed by atoms with Crippen LogP contribution in [0.4, 0.5) is 5.82 Å². The zero-order chi connectivity index (χ0) is 15.5. The Morgan fingerprint density at radius 3 is 2.48 bits per heavy atom. The molecule has 0 aliphatic rings. The van der Waals surface area contributed by atoms with Gasteiger partial charge in [-0.05, 0) is 24.3 Å². The Bertz CT molecular complexity index is 731. The molecule has 1 aromatic carbocycles. The number of hydrogen-bond donors (Lipinski definition) is 1. The highest BCUT2D eigenvalue weighted by atomic mass is 32.2. The summed E-state index contributed by atoms with van der Waals surface area (Å²) in [6.45, 7) is 0.283. The molecule has 21 heavy (non-hydrogen) atoms. The first kappa shape index (κ1) is 15.7. The maximum absolute atomic E-state index is 11.4. The normalized spacial score (nSPS) is 11.5. The Morgan fingerprint density at radius 1 is 1.24 bits per heavy atom. The smallest absolute Gasteiger partial charge is 0.175 e. The third-order valence-corrected chi connectivity index (χ3v) is 4.57. The van der Waals surface area contributed by atoms with E-state index in [-0.39, 0.29) is 11.5 Å². The molecule has 6 nitrogen and oxygen atoms in total. The van der Waals surface area contributed by atoms with Crippen molar-refractivity contribution in [2.24, 2.45) is 0 Å². The van der Waals surface area contributed by atoms with Crippen molar-refractivity contribution in [3.63, 3.8) is 0 Å². The summed E-state index contributed by atoms with van der Waals surface area (Å²) in [5, 5.41) is 0.682. The number of anilines is 1. The van der Waals surface area contributed by atoms with Crippen LogP contribution in [0.2, 0.25) is 0 Å². The van der Waals surface area contributed by atoms with Gasteiger partial charge in [0.05, 0.1) is 4.90 Å². The van der Waals surface area contributed by atoms with Gasteiger partial charge in [0.25, 0.3) is 0 Å². The number of methoxy groups -OCH3 is 1. The van der Waals surface area contributed by atoms with Gasteiger partial charge in [0.1, 0.15) is 17.5 Å². The van der Waals surface area contributed by atoms with E-state index < -0.39 is 9.84 Å². The van der Waals surface area contributed by atoms with Crippen LogP contribution < -0.4 is 5.73 Å². The molecule has 0 fully saturated rings. The second kappa shape index (κ2) is 6.42. The molecule has 0 amide bonds. The minimum Gasteiger partial charge on any atom is -0.384 e. The monoisotopic (exact) mass is 325 g/mol. The summed E-state index contributed by atoms with van der Waals surface area (Å²) < 4.78 is 27.8. The fourth-order valence-electron chi connectivity index (χ4n) is 1.61. The van der Waals surface area contributed by atoms with Crippen LogP contribution >= 0.6 is 11.8 Å². The van der Waals surface area contributed by atoms with Gasteiger partial charge in [-0.3, -0.25) is 0 Å².